The average Bonchev–Trinajstić information content (AvgIpc) is 2.32. The number of benzene rings is 1. The van der Waals surface area contributed by atoms with Crippen molar-refractivity contribution in [1.29, 1.82) is 0 Å². The molecule has 1 N–H and O–H groups in total. The van der Waals surface area contributed by atoms with Gasteiger partial charge in [-0.15, -0.1) is 0 Å². The van der Waals surface area contributed by atoms with Crippen LogP contribution in [-0.4, -0.2) is 33.8 Å². The minimum atomic E-state index is -0.673. The molecule has 0 aliphatic carbocycles. The van der Waals surface area contributed by atoms with Crippen LogP contribution < -0.4 is 0 Å². The number of likely N-dealkylation sites (tertiary alicyclic amines) is 1. The zero-order chi connectivity index (χ0) is 13.3. The van der Waals surface area contributed by atoms with Gasteiger partial charge in [-0.05, 0) is 24.5 Å². The van der Waals surface area contributed by atoms with E-state index in [-0.39, 0.29) is 17.2 Å². The number of carbonyl (C=O) groups is 1. The molecule has 0 radical (unpaired) electrons. The maximum absolute atomic E-state index is 13.6. The van der Waals surface area contributed by atoms with Crippen molar-refractivity contribution in [2.24, 2.45) is 5.92 Å². The predicted octanol–water partition coefficient (Wildman–Crippen LogP) is 2.78. The van der Waals surface area contributed by atoms with Gasteiger partial charge in [-0.2, -0.15) is 0 Å². The topological polar surface area (TPSA) is 40.5 Å². The molecular formula is C13H15BrFNO2. The van der Waals surface area contributed by atoms with Crippen LogP contribution in [0.4, 0.5) is 4.39 Å². The SMILES string of the molecule is CC1CN(C(=O)c2ccc(O)cc2F)CCC1Br. The zero-order valence-electron chi connectivity index (χ0n) is 10.1. The molecule has 1 aliphatic heterocycles. The number of phenols is 1. The van der Waals surface area contributed by atoms with E-state index in [1.165, 1.54) is 12.1 Å². The van der Waals surface area contributed by atoms with E-state index in [4.69, 9.17) is 5.11 Å². The molecule has 1 aromatic rings. The van der Waals surface area contributed by atoms with Gasteiger partial charge in [-0.1, -0.05) is 22.9 Å². The highest BCUT2D eigenvalue weighted by Crippen LogP contribution is 2.25. The standard InChI is InChI=1S/C13H15BrFNO2/c1-8-7-16(5-4-11(8)14)13(18)10-3-2-9(17)6-12(10)15/h2-3,6,8,11,17H,4-5,7H2,1H3. The molecule has 1 heterocycles. The average molecular weight is 316 g/mol. The van der Waals surface area contributed by atoms with Gasteiger partial charge < -0.3 is 10.0 Å². The second-order valence-electron chi connectivity index (χ2n) is 4.70. The fourth-order valence-corrected chi connectivity index (χ4v) is 2.52. The van der Waals surface area contributed by atoms with E-state index < -0.39 is 5.82 Å². The third kappa shape index (κ3) is 2.66. The molecule has 98 valence electrons. The van der Waals surface area contributed by atoms with Crippen molar-refractivity contribution in [1.82, 2.24) is 4.90 Å². The molecular weight excluding hydrogens is 301 g/mol. The molecule has 1 aliphatic rings. The first-order chi connectivity index (χ1) is 8.49. The molecule has 0 bridgehead atoms. The zero-order valence-corrected chi connectivity index (χ0v) is 11.7. The van der Waals surface area contributed by atoms with Crippen molar-refractivity contribution >= 4 is 21.8 Å². The summed E-state index contributed by atoms with van der Waals surface area (Å²) in [5.41, 5.74) is 0.0213. The van der Waals surface area contributed by atoms with E-state index >= 15 is 0 Å². The van der Waals surface area contributed by atoms with Crippen LogP contribution in [0.5, 0.6) is 5.75 Å². The Bertz CT molecular complexity index is 466. The molecule has 2 atom stereocenters. The summed E-state index contributed by atoms with van der Waals surface area (Å²) in [6, 6.07) is 3.63. The van der Waals surface area contributed by atoms with Gasteiger partial charge in [0.05, 0.1) is 5.56 Å². The van der Waals surface area contributed by atoms with Crippen LogP contribution in [0.15, 0.2) is 18.2 Å². The van der Waals surface area contributed by atoms with Crippen molar-refractivity contribution < 1.29 is 14.3 Å². The lowest BCUT2D eigenvalue weighted by Gasteiger charge is -2.34. The van der Waals surface area contributed by atoms with Gasteiger partial charge >= 0.3 is 0 Å². The molecule has 0 saturated carbocycles. The van der Waals surface area contributed by atoms with Crippen LogP contribution >= 0.6 is 15.9 Å². The summed E-state index contributed by atoms with van der Waals surface area (Å²) in [6.45, 7) is 3.31. The molecule has 18 heavy (non-hydrogen) atoms. The molecule has 1 aromatic carbocycles. The first-order valence-corrected chi connectivity index (χ1v) is 6.82. The lowest BCUT2D eigenvalue weighted by atomic mass is 9.99. The summed E-state index contributed by atoms with van der Waals surface area (Å²) in [4.78, 5) is 14.2. The van der Waals surface area contributed by atoms with Crippen LogP contribution in [0.1, 0.15) is 23.7 Å². The summed E-state index contributed by atoms with van der Waals surface area (Å²) < 4.78 is 13.6. The van der Waals surface area contributed by atoms with Crippen molar-refractivity contribution in [3.8, 4) is 5.75 Å². The number of amides is 1. The lowest BCUT2D eigenvalue weighted by molar-refractivity contribution is 0.0685. The fourth-order valence-electron chi connectivity index (χ4n) is 2.15. The van der Waals surface area contributed by atoms with Gasteiger partial charge in [0, 0.05) is 24.0 Å². The number of phenolic OH excluding ortho intramolecular Hbond substituents is 1. The van der Waals surface area contributed by atoms with E-state index in [9.17, 15) is 9.18 Å². The van der Waals surface area contributed by atoms with E-state index in [1.54, 1.807) is 4.90 Å². The number of hydrogen-bond acceptors (Lipinski definition) is 2. The number of rotatable bonds is 1. The van der Waals surface area contributed by atoms with Crippen LogP contribution in [-0.2, 0) is 0 Å². The van der Waals surface area contributed by atoms with Gasteiger partial charge in [-0.25, -0.2) is 4.39 Å². The van der Waals surface area contributed by atoms with Gasteiger partial charge in [0.1, 0.15) is 11.6 Å². The highest BCUT2D eigenvalue weighted by Gasteiger charge is 2.28. The molecule has 1 saturated heterocycles. The Morgan fingerprint density at radius 3 is 2.89 bits per heavy atom. The van der Waals surface area contributed by atoms with Crippen molar-refractivity contribution in [2.75, 3.05) is 13.1 Å². The third-order valence-electron chi connectivity index (χ3n) is 3.27. The Labute approximate surface area is 114 Å². The first-order valence-electron chi connectivity index (χ1n) is 5.91. The van der Waals surface area contributed by atoms with E-state index in [2.05, 4.69) is 22.9 Å². The highest BCUT2D eigenvalue weighted by atomic mass is 79.9. The molecule has 0 spiro atoms. The van der Waals surface area contributed by atoms with Gasteiger partial charge in [-0.3, -0.25) is 4.79 Å². The fraction of sp³-hybridized carbons (Fsp3) is 0.462. The third-order valence-corrected chi connectivity index (χ3v) is 4.63. The molecule has 2 rings (SSSR count). The van der Waals surface area contributed by atoms with Crippen LogP contribution in [0.25, 0.3) is 0 Å². The van der Waals surface area contributed by atoms with Gasteiger partial charge in [0.25, 0.3) is 5.91 Å². The molecule has 1 fully saturated rings. The summed E-state index contributed by atoms with van der Waals surface area (Å²) in [5.74, 6) is -0.799. The summed E-state index contributed by atoms with van der Waals surface area (Å²) in [5, 5.41) is 9.14. The summed E-state index contributed by atoms with van der Waals surface area (Å²) >= 11 is 3.57. The number of hydrogen-bond donors (Lipinski definition) is 1. The molecule has 1 amide bonds. The second kappa shape index (κ2) is 5.26. The molecule has 0 aromatic heterocycles. The molecule has 3 nitrogen and oxygen atoms in total. The summed E-state index contributed by atoms with van der Waals surface area (Å²) in [6.07, 6.45) is 0.868. The number of aromatic hydroxyl groups is 1. The van der Waals surface area contributed by atoms with Gasteiger partial charge in [0.15, 0.2) is 0 Å². The van der Waals surface area contributed by atoms with E-state index in [1.807, 2.05) is 0 Å². The normalized spacial score (nSPS) is 24.1. The number of carbonyl (C=O) groups excluding carboxylic acids is 1. The van der Waals surface area contributed by atoms with Crippen molar-refractivity contribution in [3.05, 3.63) is 29.6 Å². The van der Waals surface area contributed by atoms with Gasteiger partial charge in [0.2, 0.25) is 0 Å². The largest absolute Gasteiger partial charge is 0.508 e. The maximum Gasteiger partial charge on any atom is 0.256 e. The second-order valence-corrected chi connectivity index (χ2v) is 5.87. The van der Waals surface area contributed by atoms with Crippen molar-refractivity contribution in [2.45, 2.75) is 18.2 Å². The predicted molar refractivity (Wildman–Crippen MR) is 70.5 cm³/mol. The van der Waals surface area contributed by atoms with Crippen LogP contribution in [0.2, 0.25) is 0 Å². The Kier molecular flexibility index (Phi) is 3.90. The quantitative estimate of drug-likeness (QED) is 0.810. The lowest BCUT2D eigenvalue weighted by Crippen LogP contribution is -2.43. The Balaban J connectivity index is 2.16. The Morgan fingerprint density at radius 1 is 1.56 bits per heavy atom. The summed E-state index contributed by atoms with van der Waals surface area (Å²) in [7, 11) is 0. The van der Waals surface area contributed by atoms with E-state index in [0.29, 0.717) is 23.8 Å². The van der Waals surface area contributed by atoms with Crippen LogP contribution in [0, 0.1) is 11.7 Å². The number of nitrogens with zero attached hydrogens (tertiary/aromatic N) is 1. The Morgan fingerprint density at radius 2 is 2.28 bits per heavy atom. The number of piperidine rings is 1. The molecule has 5 heteroatoms. The van der Waals surface area contributed by atoms with Crippen molar-refractivity contribution in [3.63, 3.8) is 0 Å². The van der Waals surface area contributed by atoms with E-state index in [0.717, 1.165) is 12.5 Å². The minimum Gasteiger partial charge on any atom is -0.508 e. The number of halogens is 2. The van der Waals surface area contributed by atoms with Crippen LogP contribution in [0.3, 0.4) is 0 Å². The highest BCUT2D eigenvalue weighted by molar-refractivity contribution is 9.09. The molecule has 2 unspecified atom stereocenters. The smallest absolute Gasteiger partial charge is 0.256 e. The maximum atomic E-state index is 13.6. The minimum absolute atomic E-state index is 0.0213. The first kappa shape index (κ1) is 13.3. The number of alkyl halides is 1. The Hall–Kier alpha value is -1.10. The monoisotopic (exact) mass is 315 g/mol.